The minimum atomic E-state index is -0.733. The fourth-order valence-electron chi connectivity index (χ4n) is 2.01. The number of carboxylic acid groups (broad SMARTS) is 1. The van der Waals surface area contributed by atoms with Gasteiger partial charge >= 0.3 is 5.97 Å². The first-order chi connectivity index (χ1) is 7.58. The number of aliphatic carboxylic acids is 1. The lowest BCUT2D eigenvalue weighted by atomic mass is 9.79. The zero-order valence-corrected chi connectivity index (χ0v) is 9.06. The van der Waals surface area contributed by atoms with Crippen LogP contribution in [-0.2, 0) is 4.79 Å². The highest BCUT2D eigenvalue weighted by molar-refractivity contribution is 5.71. The van der Waals surface area contributed by atoms with Gasteiger partial charge in [0.1, 0.15) is 5.82 Å². The van der Waals surface area contributed by atoms with E-state index in [1.807, 2.05) is 18.0 Å². The molecule has 1 N–H and O–H groups in total. The van der Waals surface area contributed by atoms with Gasteiger partial charge in [-0.2, -0.15) is 0 Å². The predicted molar refractivity (Wildman–Crippen MR) is 59.0 cm³/mol. The van der Waals surface area contributed by atoms with Crippen molar-refractivity contribution in [2.45, 2.75) is 18.9 Å². The molecule has 1 saturated carbocycles. The summed E-state index contributed by atoms with van der Waals surface area (Å²) in [6.07, 6.45) is 1.28. The fraction of sp³-hybridized carbons (Fsp3) is 0.417. The molecular weight excluding hydrogens is 209 g/mol. The van der Waals surface area contributed by atoms with Crippen molar-refractivity contribution in [3.63, 3.8) is 0 Å². The van der Waals surface area contributed by atoms with E-state index in [9.17, 15) is 9.18 Å². The Morgan fingerprint density at radius 2 is 2.19 bits per heavy atom. The molecule has 4 heteroatoms. The molecular formula is C12H14FNO2. The molecule has 16 heavy (non-hydrogen) atoms. The number of hydrogen-bond donors (Lipinski definition) is 1. The minimum absolute atomic E-state index is 0.211. The number of halogens is 1. The zero-order valence-electron chi connectivity index (χ0n) is 9.06. The molecule has 86 valence electrons. The van der Waals surface area contributed by atoms with Crippen molar-refractivity contribution in [1.82, 2.24) is 0 Å². The topological polar surface area (TPSA) is 40.5 Å². The van der Waals surface area contributed by atoms with E-state index in [1.165, 1.54) is 12.1 Å². The summed E-state index contributed by atoms with van der Waals surface area (Å²) in [6, 6.07) is 6.57. The maximum atomic E-state index is 13.0. The largest absolute Gasteiger partial charge is 0.481 e. The van der Waals surface area contributed by atoms with Crippen LogP contribution in [0, 0.1) is 11.7 Å². The Kier molecular flexibility index (Phi) is 2.81. The maximum absolute atomic E-state index is 13.0. The number of rotatable bonds is 3. The minimum Gasteiger partial charge on any atom is -0.481 e. The molecule has 1 aliphatic rings. The van der Waals surface area contributed by atoms with Crippen molar-refractivity contribution in [3.05, 3.63) is 30.1 Å². The molecule has 0 saturated heterocycles. The van der Waals surface area contributed by atoms with Crippen LogP contribution >= 0.6 is 0 Å². The van der Waals surface area contributed by atoms with E-state index in [1.54, 1.807) is 6.07 Å². The van der Waals surface area contributed by atoms with Crippen molar-refractivity contribution in [2.75, 3.05) is 11.9 Å². The van der Waals surface area contributed by atoms with E-state index in [-0.39, 0.29) is 17.8 Å². The van der Waals surface area contributed by atoms with Crippen LogP contribution in [0.15, 0.2) is 24.3 Å². The molecule has 2 rings (SSSR count). The Morgan fingerprint density at radius 3 is 2.75 bits per heavy atom. The van der Waals surface area contributed by atoms with Gasteiger partial charge in [-0.3, -0.25) is 4.79 Å². The number of nitrogens with zero attached hydrogens (tertiary/aromatic N) is 1. The number of benzene rings is 1. The third kappa shape index (κ3) is 2.01. The smallest absolute Gasteiger partial charge is 0.306 e. The van der Waals surface area contributed by atoms with Crippen molar-refractivity contribution in [2.24, 2.45) is 5.92 Å². The van der Waals surface area contributed by atoms with Crippen LogP contribution in [0.1, 0.15) is 12.8 Å². The van der Waals surface area contributed by atoms with E-state index >= 15 is 0 Å². The van der Waals surface area contributed by atoms with E-state index in [2.05, 4.69) is 0 Å². The first kappa shape index (κ1) is 10.9. The van der Waals surface area contributed by atoms with Crippen LogP contribution < -0.4 is 4.90 Å². The Bertz CT molecular complexity index is 402. The first-order valence-corrected chi connectivity index (χ1v) is 5.29. The van der Waals surface area contributed by atoms with Crippen LogP contribution in [-0.4, -0.2) is 24.2 Å². The van der Waals surface area contributed by atoms with Crippen LogP contribution in [0.2, 0.25) is 0 Å². The molecule has 0 radical (unpaired) electrons. The molecule has 0 unspecified atom stereocenters. The molecule has 1 fully saturated rings. The number of carbonyl (C=O) groups is 1. The van der Waals surface area contributed by atoms with Gasteiger partial charge in [0, 0.05) is 18.8 Å². The van der Waals surface area contributed by atoms with Crippen LogP contribution in [0.5, 0.6) is 0 Å². The van der Waals surface area contributed by atoms with Crippen LogP contribution in [0.3, 0.4) is 0 Å². The average Bonchev–Trinajstić information content (AvgIpc) is 2.14. The molecule has 1 aromatic carbocycles. The van der Waals surface area contributed by atoms with Crippen molar-refractivity contribution in [1.29, 1.82) is 0 Å². The van der Waals surface area contributed by atoms with Gasteiger partial charge in [0.2, 0.25) is 0 Å². The van der Waals surface area contributed by atoms with Gasteiger partial charge in [0.05, 0.1) is 5.92 Å². The molecule has 0 amide bonds. The SMILES string of the molecule is CN(c1cccc(F)c1)C1CC(C(=O)O)C1. The van der Waals surface area contributed by atoms with Gasteiger partial charge in [0.25, 0.3) is 0 Å². The molecule has 0 aromatic heterocycles. The Balaban J connectivity index is 2.00. The summed E-state index contributed by atoms with van der Waals surface area (Å²) in [7, 11) is 1.87. The van der Waals surface area contributed by atoms with Crippen molar-refractivity contribution < 1.29 is 14.3 Å². The normalized spacial score (nSPS) is 23.6. The van der Waals surface area contributed by atoms with Gasteiger partial charge < -0.3 is 10.0 Å². The molecule has 1 aromatic rings. The zero-order chi connectivity index (χ0) is 11.7. The fourth-order valence-corrected chi connectivity index (χ4v) is 2.01. The summed E-state index contributed by atoms with van der Waals surface area (Å²) in [5, 5.41) is 8.77. The average molecular weight is 223 g/mol. The quantitative estimate of drug-likeness (QED) is 0.853. The van der Waals surface area contributed by atoms with Gasteiger partial charge in [-0.15, -0.1) is 0 Å². The second kappa shape index (κ2) is 4.12. The molecule has 0 atom stereocenters. The van der Waals surface area contributed by atoms with Crippen molar-refractivity contribution in [3.8, 4) is 0 Å². The Hall–Kier alpha value is -1.58. The van der Waals surface area contributed by atoms with Crippen LogP contribution in [0.4, 0.5) is 10.1 Å². The second-order valence-corrected chi connectivity index (χ2v) is 4.25. The summed E-state index contributed by atoms with van der Waals surface area (Å²) in [5.41, 5.74) is 0.800. The van der Waals surface area contributed by atoms with Gasteiger partial charge in [0.15, 0.2) is 0 Å². The van der Waals surface area contributed by atoms with E-state index in [4.69, 9.17) is 5.11 Å². The maximum Gasteiger partial charge on any atom is 0.306 e. The number of hydrogen-bond acceptors (Lipinski definition) is 2. The molecule has 0 aliphatic heterocycles. The first-order valence-electron chi connectivity index (χ1n) is 5.29. The lowest BCUT2D eigenvalue weighted by Crippen LogP contribution is -2.45. The highest BCUT2D eigenvalue weighted by atomic mass is 19.1. The lowest BCUT2D eigenvalue weighted by molar-refractivity contribution is -0.145. The number of anilines is 1. The highest BCUT2D eigenvalue weighted by Gasteiger charge is 2.36. The van der Waals surface area contributed by atoms with Crippen LogP contribution in [0.25, 0.3) is 0 Å². The van der Waals surface area contributed by atoms with E-state index in [0.29, 0.717) is 12.8 Å². The Labute approximate surface area is 93.5 Å². The summed E-state index contributed by atoms with van der Waals surface area (Å²) >= 11 is 0. The summed E-state index contributed by atoms with van der Waals surface area (Å²) < 4.78 is 13.0. The third-order valence-electron chi connectivity index (χ3n) is 3.23. The summed E-state index contributed by atoms with van der Waals surface area (Å²) in [5.74, 6) is -1.23. The highest BCUT2D eigenvalue weighted by Crippen LogP contribution is 2.33. The van der Waals surface area contributed by atoms with Gasteiger partial charge in [-0.05, 0) is 31.0 Å². The standard InChI is InChI=1S/C12H14FNO2/c1-14(10-4-2-3-9(13)7-10)11-5-8(6-11)12(15)16/h2-4,7-8,11H,5-6H2,1H3,(H,15,16). The molecule has 1 aliphatic carbocycles. The lowest BCUT2D eigenvalue weighted by Gasteiger charge is -2.40. The van der Waals surface area contributed by atoms with Gasteiger partial charge in [-0.1, -0.05) is 6.07 Å². The summed E-state index contributed by atoms with van der Waals surface area (Å²) in [4.78, 5) is 12.6. The number of carboxylic acids is 1. The van der Waals surface area contributed by atoms with Gasteiger partial charge in [-0.25, -0.2) is 4.39 Å². The molecule has 0 spiro atoms. The second-order valence-electron chi connectivity index (χ2n) is 4.25. The molecule has 0 bridgehead atoms. The van der Waals surface area contributed by atoms with E-state index in [0.717, 1.165) is 5.69 Å². The molecule has 3 nitrogen and oxygen atoms in total. The monoisotopic (exact) mass is 223 g/mol. The third-order valence-corrected chi connectivity index (χ3v) is 3.23. The summed E-state index contributed by atoms with van der Waals surface area (Å²) in [6.45, 7) is 0. The predicted octanol–water partition coefficient (Wildman–Crippen LogP) is 2.13. The molecule has 0 heterocycles. The van der Waals surface area contributed by atoms with E-state index < -0.39 is 5.97 Å². The Morgan fingerprint density at radius 1 is 1.50 bits per heavy atom. The van der Waals surface area contributed by atoms with Crippen molar-refractivity contribution >= 4 is 11.7 Å².